The number of methoxy groups -OCH3 is 1. The van der Waals surface area contributed by atoms with Crippen LogP contribution in [0.5, 0.6) is 11.5 Å². The van der Waals surface area contributed by atoms with Crippen LogP contribution in [-0.2, 0) is 4.79 Å². The van der Waals surface area contributed by atoms with Crippen LogP contribution in [0.25, 0.3) is 11.1 Å². The normalized spacial score (nSPS) is 11.7. The molecule has 5 nitrogen and oxygen atoms in total. The highest BCUT2D eigenvalue weighted by atomic mass is 16.5. The number of amides is 1. The Bertz CT molecular complexity index is 951. The Morgan fingerprint density at radius 1 is 1.04 bits per heavy atom. The molecule has 0 aliphatic heterocycles. The highest BCUT2D eigenvalue weighted by molar-refractivity contribution is 5.98. The molecule has 0 aliphatic rings. The molecule has 1 unspecified atom stereocenters. The summed E-state index contributed by atoms with van der Waals surface area (Å²) < 4.78 is 5.16. The number of rotatable bonds is 5. The molecule has 0 fully saturated rings. The molecule has 0 spiro atoms. The van der Waals surface area contributed by atoms with Gasteiger partial charge in [0.1, 0.15) is 0 Å². The Kier molecular flexibility index (Phi) is 5.43. The minimum Gasteiger partial charge on any atom is -0.504 e. The lowest BCUT2D eigenvalue weighted by Gasteiger charge is -2.15. The number of benzene rings is 3. The zero-order chi connectivity index (χ0) is 19.4. The van der Waals surface area contributed by atoms with Crippen LogP contribution in [0.4, 0.5) is 5.69 Å². The number of aryl methyl sites for hydroxylation is 1. The van der Waals surface area contributed by atoms with E-state index in [1.807, 2.05) is 31.2 Å². The van der Waals surface area contributed by atoms with Gasteiger partial charge in [0.15, 0.2) is 17.6 Å². The average molecular weight is 363 g/mol. The number of hydrogen-bond donors (Lipinski definition) is 3. The fourth-order valence-electron chi connectivity index (χ4n) is 2.79. The van der Waals surface area contributed by atoms with E-state index in [-0.39, 0.29) is 5.75 Å². The van der Waals surface area contributed by atoms with Crippen molar-refractivity contribution < 1.29 is 19.7 Å². The number of carbonyl (C=O) groups is 1. The van der Waals surface area contributed by atoms with E-state index in [2.05, 4.69) is 5.32 Å². The van der Waals surface area contributed by atoms with Crippen LogP contribution in [-0.4, -0.2) is 23.2 Å². The lowest BCUT2D eigenvalue weighted by Crippen LogP contribution is -2.21. The van der Waals surface area contributed by atoms with Crippen molar-refractivity contribution in [2.24, 2.45) is 0 Å². The number of aliphatic hydroxyl groups is 1. The lowest BCUT2D eigenvalue weighted by atomic mass is 10.0. The Morgan fingerprint density at radius 2 is 1.74 bits per heavy atom. The topological polar surface area (TPSA) is 78.8 Å². The van der Waals surface area contributed by atoms with E-state index < -0.39 is 12.0 Å². The predicted molar refractivity (Wildman–Crippen MR) is 105 cm³/mol. The fraction of sp³-hybridized carbons (Fsp3) is 0.136. The van der Waals surface area contributed by atoms with Gasteiger partial charge in [0.2, 0.25) is 0 Å². The first-order valence-corrected chi connectivity index (χ1v) is 8.51. The van der Waals surface area contributed by atoms with Crippen LogP contribution in [0.2, 0.25) is 0 Å². The highest BCUT2D eigenvalue weighted by Crippen LogP contribution is 2.35. The number of aliphatic hydroxyl groups excluding tert-OH is 1. The van der Waals surface area contributed by atoms with Gasteiger partial charge in [-0.15, -0.1) is 0 Å². The van der Waals surface area contributed by atoms with Gasteiger partial charge < -0.3 is 20.3 Å². The van der Waals surface area contributed by atoms with Gasteiger partial charge in [0, 0.05) is 11.3 Å². The van der Waals surface area contributed by atoms with Crippen molar-refractivity contribution in [3.05, 3.63) is 77.9 Å². The minimum absolute atomic E-state index is 0.0394. The molecule has 0 aromatic heterocycles. The number of anilines is 1. The van der Waals surface area contributed by atoms with Crippen molar-refractivity contribution in [3.63, 3.8) is 0 Å². The number of para-hydroxylation sites is 1. The van der Waals surface area contributed by atoms with Crippen molar-refractivity contribution in [2.45, 2.75) is 13.0 Å². The molecule has 3 aromatic carbocycles. The van der Waals surface area contributed by atoms with Gasteiger partial charge in [0.25, 0.3) is 5.91 Å². The summed E-state index contributed by atoms with van der Waals surface area (Å²) in [7, 11) is 1.48. The molecule has 0 aliphatic carbocycles. The molecule has 1 atom stereocenters. The number of phenols is 1. The first kappa shape index (κ1) is 18.5. The molecular formula is C22H21NO4. The van der Waals surface area contributed by atoms with Crippen LogP contribution in [0.15, 0.2) is 66.7 Å². The average Bonchev–Trinajstić information content (AvgIpc) is 2.69. The molecule has 1 amide bonds. The molecule has 0 heterocycles. The zero-order valence-corrected chi connectivity index (χ0v) is 15.1. The summed E-state index contributed by atoms with van der Waals surface area (Å²) in [5.74, 6) is -0.136. The van der Waals surface area contributed by atoms with Gasteiger partial charge >= 0.3 is 0 Å². The summed E-state index contributed by atoms with van der Waals surface area (Å²) in [5.41, 5.74) is 3.66. The van der Waals surface area contributed by atoms with Gasteiger partial charge in [-0.25, -0.2) is 0 Å². The molecule has 0 bridgehead atoms. The number of nitrogens with one attached hydrogen (secondary N) is 1. The second-order valence-corrected chi connectivity index (χ2v) is 6.23. The Balaban J connectivity index is 1.88. The van der Waals surface area contributed by atoms with E-state index in [1.54, 1.807) is 36.4 Å². The number of aromatic hydroxyl groups is 1. The molecule has 5 heteroatoms. The number of phenolic OH excluding ortho intramolecular Hbond substituents is 1. The van der Waals surface area contributed by atoms with Gasteiger partial charge in [-0.3, -0.25) is 4.79 Å². The maximum Gasteiger partial charge on any atom is 0.257 e. The third-order valence-corrected chi connectivity index (χ3v) is 4.32. The van der Waals surface area contributed by atoms with Gasteiger partial charge in [-0.05, 0) is 36.2 Å². The van der Waals surface area contributed by atoms with Crippen LogP contribution in [0, 0.1) is 6.92 Å². The smallest absolute Gasteiger partial charge is 0.257 e. The molecule has 0 radical (unpaired) electrons. The molecule has 27 heavy (non-hydrogen) atoms. The molecular weight excluding hydrogens is 342 g/mol. The Hall–Kier alpha value is -3.31. The minimum atomic E-state index is -1.27. The van der Waals surface area contributed by atoms with Gasteiger partial charge in [-0.1, -0.05) is 54.1 Å². The predicted octanol–water partition coefficient (Wildman–Crippen LogP) is 4.05. The molecule has 0 saturated carbocycles. The Labute approximate surface area is 157 Å². The van der Waals surface area contributed by atoms with E-state index in [9.17, 15) is 15.0 Å². The third-order valence-electron chi connectivity index (χ3n) is 4.32. The maximum atomic E-state index is 12.5. The highest BCUT2D eigenvalue weighted by Gasteiger charge is 2.19. The molecule has 3 aromatic rings. The van der Waals surface area contributed by atoms with Crippen LogP contribution < -0.4 is 10.1 Å². The molecule has 138 valence electrons. The van der Waals surface area contributed by atoms with E-state index >= 15 is 0 Å². The van der Waals surface area contributed by atoms with Gasteiger partial charge in [0.05, 0.1) is 7.11 Å². The summed E-state index contributed by atoms with van der Waals surface area (Å²) in [5, 5.41) is 22.9. The Morgan fingerprint density at radius 3 is 2.44 bits per heavy atom. The monoisotopic (exact) mass is 363 g/mol. The molecule has 0 saturated heterocycles. The fourth-order valence-corrected chi connectivity index (χ4v) is 2.79. The maximum absolute atomic E-state index is 12.5. The largest absolute Gasteiger partial charge is 0.504 e. The summed E-state index contributed by atoms with van der Waals surface area (Å²) in [6.45, 7) is 1.94. The van der Waals surface area contributed by atoms with Crippen molar-refractivity contribution in [1.29, 1.82) is 0 Å². The van der Waals surface area contributed by atoms with E-state index in [0.29, 0.717) is 17.0 Å². The van der Waals surface area contributed by atoms with E-state index in [0.717, 1.165) is 16.7 Å². The van der Waals surface area contributed by atoms with Crippen LogP contribution >= 0.6 is 0 Å². The van der Waals surface area contributed by atoms with Crippen molar-refractivity contribution in [1.82, 2.24) is 0 Å². The first-order valence-electron chi connectivity index (χ1n) is 8.51. The van der Waals surface area contributed by atoms with Crippen LogP contribution in [0.3, 0.4) is 0 Å². The van der Waals surface area contributed by atoms with E-state index in [1.165, 1.54) is 13.2 Å². The standard InChI is InChI=1S/C22H21NO4/c1-14-7-9-15(10-8-14)21(25)22(26)23-18-6-4-3-5-17(18)16-11-12-19(24)20(13-16)27-2/h3-13,21,24-25H,1-2H3,(H,23,26). The van der Waals surface area contributed by atoms with Crippen molar-refractivity contribution >= 4 is 11.6 Å². The summed E-state index contributed by atoms with van der Waals surface area (Å²) >= 11 is 0. The second kappa shape index (κ2) is 7.93. The summed E-state index contributed by atoms with van der Waals surface area (Å²) in [6, 6.07) is 19.4. The second-order valence-electron chi connectivity index (χ2n) is 6.23. The number of carbonyl (C=O) groups excluding carboxylic acids is 1. The van der Waals surface area contributed by atoms with Gasteiger partial charge in [-0.2, -0.15) is 0 Å². The quantitative estimate of drug-likeness (QED) is 0.639. The third kappa shape index (κ3) is 4.10. The number of hydrogen-bond acceptors (Lipinski definition) is 4. The first-order chi connectivity index (χ1) is 13.0. The van der Waals surface area contributed by atoms with Crippen molar-refractivity contribution in [3.8, 4) is 22.6 Å². The summed E-state index contributed by atoms with van der Waals surface area (Å²) in [4.78, 5) is 12.5. The number of ether oxygens (including phenoxy) is 1. The van der Waals surface area contributed by atoms with Crippen molar-refractivity contribution in [2.75, 3.05) is 12.4 Å². The SMILES string of the molecule is COc1cc(-c2ccccc2NC(=O)C(O)c2ccc(C)cc2)ccc1O. The zero-order valence-electron chi connectivity index (χ0n) is 15.1. The van der Waals surface area contributed by atoms with E-state index in [4.69, 9.17) is 4.74 Å². The molecule has 3 rings (SSSR count). The summed E-state index contributed by atoms with van der Waals surface area (Å²) in [6.07, 6.45) is -1.27. The van der Waals surface area contributed by atoms with Crippen LogP contribution in [0.1, 0.15) is 17.2 Å². The lowest BCUT2D eigenvalue weighted by molar-refractivity contribution is -0.124. The molecule has 3 N–H and O–H groups in total.